The molecule has 20 heavy (non-hydrogen) atoms. The van der Waals surface area contributed by atoms with Gasteiger partial charge in [-0.3, -0.25) is 9.59 Å². The second-order valence-corrected chi connectivity index (χ2v) is 4.74. The molecule has 1 aliphatic rings. The smallest absolute Gasteiger partial charge is 0.313 e. The summed E-state index contributed by atoms with van der Waals surface area (Å²) in [7, 11) is 3.94. The average molecular weight is 280 g/mol. The Labute approximate surface area is 116 Å². The van der Waals surface area contributed by atoms with Crippen LogP contribution in [0.25, 0.3) is 0 Å². The van der Waals surface area contributed by atoms with Gasteiger partial charge in [-0.1, -0.05) is 0 Å². The predicted molar refractivity (Wildman–Crippen MR) is 71.9 cm³/mol. The van der Waals surface area contributed by atoms with Crippen LogP contribution in [0, 0.1) is 0 Å². The lowest BCUT2D eigenvalue weighted by atomic mass is 10.2. The third-order valence-electron chi connectivity index (χ3n) is 2.75. The van der Waals surface area contributed by atoms with Gasteiger partial charge in [0.2, 0.25) is 6.79 Å². The van der Waals surface area contributed by atoms with Crippen molar-refractivity contribution in [1.29, 1.82) is 0 Å². The molecule has 7 nitrogen and oxygen atoms in total. The number of quaternary nitrogens is 1. The van der Waals surface area contributed by atoms with Gasteiger partial charge >= 0.3 is 11.8 Å². The van der Waals surface area contributed by atoms with Crippen LogP contribution < -0.4 is 25.0 Å². The zero-order valence-corrected chi connectivity index (χ0v) is 11.5. The summed E-state index contributed by atoms with van der Waals surface area (Å²) in [5.74, 6) is -0.164. The summed E-state index contributed by atoms with van der Waals surface area (Å²) in [6.07, 6.45) is 0. The van der Waals surface area contributed by atoms with Crippen LogP contribution >= 0.6 is 0 Å². The average Bonchev–Trinajstić information content (AvgIpc) is 2.85. The number of carbonyl (C=O) groups is 2. The van der Waals surface area contributed by atoms with E-state index >= 15 is 0 Å². The summed E-state index contributed by atoms with van der Waals surface area (Å²) in [6, 6.07) is 4.96. The number of nitrogens with one attached hydrogen (secondary N) is 3. The molecule has 0 aliphatic carbocycles. The first-order chi connectivity index (χ1) is 9.56. The molecular weight excluding hydrogens is 262 g/mol. The highest BCUT2D eigenvalue weighted by Crippen LogP contribution is 2.34. The fourth-order valence-electron chi connectivity index (χ4n) is 1.67. The Morgan fingerprint density at radius 3 is 2.70 bits per heavy atom. The minimum atomic E-state index is -0.697. The van der Waals surface area contributed by atoms with Crippen molar-refractivity contribution in [3.63, 3.8) is 0 Å². The molecule has 0 saturated carbocycles. The molecule has 1 heterocycles. The molecule has 0 bridgehead atoms. The predicted octanol–water partition coefficient (Wildman–Crippen LogP) is -1.39. The number of fused-ring (bicyclic) bond motifs is 1. The molecule has 0 unspecified atom stereocenters. The number of amides is 2. The molecule has 7 heteroatoms. The third-order valence-corrected chi connectivity index (χ3v) is 2.75. The maximum Gasteiger partial charge on any atom is 0.313 e. The number of anilines is 1. The van der Waals surface area contributed by atoms with E-state index < -0.39 is 11.8 Å². The van der Waals surface area contributed by atoms with Crippen molar-refractivity contribution >= 4 is 17.5 Å². The monoisotopic (exact) mass is 280 g/mol. The lowest BCUT2D eigenvalue weighted by Gasteiger charge is -2.09. The van der Waals surface area contributed by atoms with Crippen molar-refractivity contribution in [1.82, 2.24) is 5.32 Å². The van der Waals surface area contributed by atoms with Gasteiger partial charge in [-0.25, -0.2) is 0 Å². The number of hydrogen-bond donors (Lipinski definition) is 3. The standard InChI is InChI=1S/C13H17N3O4/c1-16(2)6-5-14-12(17)13(18)15-9-3-4-10-11(7-9)20-8-19-10/h3-4,7H,5-6,8H2,1-2H3,(H,14,17)(H,15,18)/p+1. The lowest BCUT2D eigenvalue weighted by Crippen LogP contribution is -3.06. The molecule has 0 saturated heterocycles. The number of carbonyl (C=O) groups excluding carboxylic acids is 2. The Hall–Kier alpha value is -2.28. The zero-order valence-electron chi connectivity index (χ0n) is 11.5. The van der Waals surface area contributed by atoms with E-state index in [4.69, 9.17) is 9.47 Å². The first-order valence-electron chi connectivity index (χ1n) is 6.34. The van der Waals surface area contributed by atoms with Crippen molar-refractivity contribution in [2.75, 3.05) is 39.3 Å². The summed E-state index contributed by atoms with van der Waals surface area (Å²) >= 11 is 0. The molecular formula is C13H18N3O4+. The van der Waals surface area contributed by atoms with Crippen LogP contribution in [0.3, 0.4) is 0 Å². The Bertz CT molecular complexity index is 516. The molecule has 0 atom stereocenters. The molecule has 1 aromatic carbocycles. The molecule has 1 aromatic rings. The van der Waals surface area contributed by atoms with Crippen LogP contribution in [0.1, 0.15) is 0 Å². The molecule has 2 rings (SSSR count). The van der Waals surface area contributed by atoms with E-state index in [0.29, 0.717) is 23.7 Å². The van der Waals surface area contributed by atoms with Crippen molar-refractivity contribution in [3.8, 4) is 11.5 Å². The Morgan fingerprint density at radius 2 is 1.95 bits per heavy atom. The van der Waals surface area contributed by atoms with Gasteiger partial charge < -0.3 is 25.0 Å². The maximum absolute atomic E-state index is 11.7. The van der Waals surface area contributed by atoms with Gasteiger partial charge in [-0.2, -0.15) is 0 Å². The van der Waals surface area contributed by atoms with E-state index in [9.17, 15) is 9.59 Å². The van der Waals surface area contributed by atoms with E-state index in [1.54, 1.807) is 18.2 Å². The quantitative estimate of drug-likeness (QED) is 0.594. The highest BCUT2D eigenvalue weighted by molar-refractivity contribution is 6.39. The normalized spacial score (nSPS) is 12.3. The first kappa shape index (κ1) is 14.1. The Balaban J connectivity index is 1.86. The SMILES string of the molecule is C[NH+](C)CCNC(=O)C(=O)Nc1ccc2c(c1)OCO2. The summed E-state index contributed by atoms with van der Waals surface area (Å²) < 4.78 is 10.4. The summed E-state index contributed by atoms with van der Waals surface area (Å²) in [6.45, 7) is 1.37. The number of benzene rings is 1. The Morgan fingerprint density at radius 1 is 1.20 bits per heavy atom. The largest absolute Gasteiger partial charge is 0.454 e. The zero-order chi connectivity index (χ0) is 14.5. The number of ether oxygens (including phenoxy) is 2. The summed E-state index contributed by atoms with van der Waals surface area (Å²) in [5.41, 5.74) is 0.493. The topological polar surface area (TPSA) is 81.1 Å². The molecule has 3 N–H and O–H groups in total. The Kier molecular flexibility index (Phi) is 4.41. The first-order valence-corrected chi connectivity index (χ1v) is 6.34. The molecule has 0 radical (unpaired) electrons. The van der Waals surface area contributed by atoms with E-state index in [0.717, 1.165) is 6.54 Å². The fraction of sp³-hybridized carbons (Fsp3) is 0.385. The second-order valence-electron chi connectivity index (χ2n) is 4.74. The molecule has 2 amide bonds. The van der Waals surface area contributed by atoms with Gasteiger partial charge in [0.1, 0.15) is 0 Å². The minimum Gasteiger partial charge on any atom is -0.454 e. The molecule has 0 spiro atoms. The third kappa shape index (κ3) is 3.61. The van der Waals surface area contributed by atoms with Gasteiger partial charge in [0.15, 0.2) is 11.5 Å². The lowest BCUT2D eigenvalue weighted by molar-refractivity contribution is -0.856. The minimum absolute atomic E-state index is 0.167. The molecule has 1 aliphatic heterocycles. The van der Waals surface area contributed by atoms with Crippen molar-refractivity contribution in [2.45, 2.75) is 0 Å². The van der Waals surface area contributed by atoms with Gasteiger partial charge in [-0.05, 0) is 12.1 Å². The van der Waals surface area contributed by atoms with Gasteiger partial charge in [0.25, 0.3) is 0 Å². The van der Waals surface area contributed by atoms with Crippen molar-refractivity contribution < 1.29 is 24.0 Å². The van der Waals surface area contributed by atoms with Crippen molar-refractivity contribution in [3.05, 3.63) is 18.2 Å². The van der Waals surface area contributed by atoms with Crippen LogP contribution in [0.4, 0.5) is 5.69 Å². The maximum atomic E-state index is 11.7. The number of hydrogen-bond acceptors (Lipinski definition) is 4. The van der Waals surface area contributed by atoms with E-state index in [-0.39, 0.29) is 6.79 Å². The van der Waals surface area contributed by atoms with Gasteiger partial charge in [0.05, 0.1) is 27.2 Å². The molecule has 0 aromatic heterocycles. The highest BCUT2D eigenvalue weighted by Gasteiger charge is 2.17. The summed E-state index contributed by atoms with van der Waals surface area (Å²) in [5, 5.41) is 5.07. The highest BCUT2D eigenvalue weighted by atomic mass is 16.7. The summed E-state index contributed by atoms with van der Waals surface area (Å²) in [4.78, 5) is 24.5. The van der Waals surface area contributed by atoms with Crippen molar-refractivity contribution in [2.24, 2.45) is 0 Å². The van der Waals surface area contributed by atoms with Gasteiger partial charge in [-0.15, -0.1) is 0 Å². The number of likely N-dealkylation sites (N-methyl/N-ethyl adjacent to an activating group) is 1. The van der Waals surface area contributed by atoms with E-state index in [1.165, 1.54) is 4.90 Å². The van der Waals surface area contributed by atoms with E-state index in [2.05, 4.69) is 10.6 Å². The van der Waals surface area contributed by atoms with E-state index in [1.807, 2.05) is 14.1 Å². The van der Waals surface area contributed by atoms with Crippen LogP contribution in [0.15, 0.2) is 18.2 Å². The van der Waals surface area contributed by atoms with Crippen LogP contribution in [-0.2, 0) is 9.59 Å². The van der Waals surface area contributed by atoms with Gasteiger partial charge in [0, 0.05) is 11.8 Å². The molecule has 108 valence electrons. The number of rotatable bonds is 4. The van der Waals surface area contributed by atoms with Crippen LogP contribution in [-0.4, -0.2) is 45.8 Å². The van der Waals surface area contributed by atoms with Crippen LogP contribution in [0.2, 0.25) is 0 Å². The second kappa shape index (κ2) is 6.25. The fourth-order valence-corrected chi connectivity index (χ4v) is 1.67. The molecule has 0 fully saturated rings. The van der Waals surface area contributed by atoms with Crippen LogP contribution in [0.5, 0.6) is 11.5 Å².